The van der Waals surface area contributed by atoms with Crippen molar-refractivity contribution in [3.8, 4) is 0 Å². The van der Waals surface area contributed by atoms with E-state index in [4.69, 9.17) is 28.9 Å². The number of hydrogen-bond donors (Lipinski definition) is 2. The van der Waals surface area contributed by atoms with E-state index in [0.717, 1.165) is 11.1 Å². The third-order valence-electron chi connectivity index (χ3n) is 2.40. The Hall–Kier alpha value is -2.37. The number of nitrogens with two attached hydrogens (primary N) is 1. The first kappa shape index (κ1) is 18.7. The molecule has 23 heavy (non-hydrogen) atoms. The van der Waals surface area contributed by atoms with Crippen LogP contribution in [0.15, 0.2) is 75.0 Å². The van der Waals surface area contributed by atoms with E-state index in [2.05, 4.69) is 27.3 Å². The summed E-state index contributed by atoms with van der Waals surface area (Å²) in [5, 5.41) is 12.8. The van der Waals surface area contributed by atoms with Gasteiger partial charge in [0.25, 0.3) is 0 Å². The second kappa shape index (κ2) is 10.4. The Morgan fingerprint density at radius 2 is 2.04 bits per heavy atom. The van der Waals surface area contributed by atoms with Gasteiger partial charge in [0.15, 0.2) is 0 Å². The molecule has 0 heterocycles. The zero-order valence-corrected chi connectivity index (χ0v) is 14.1. The minimum Gasteiger partial charge on any atom is -0.367 e. The van der Waals surface area contributed by atoms with Crippen LogP contribution in [-0.2, 0) is 0 Å². The van der Waals surface area contributed by atoms with Gasteiger partial charge >= 0.3 is 0 Å². The highest BCUT2D eigenvalue weighted by Crippen LogP contribution is 2.12. The van der Waals surface area contributed by atoms with Gasteiger partial charge in [-0.3, -0.25) is 0 Å². The number of nitrogens with zero attached hydrogens (tertiary/aromatic N) is 3. The zero-order valence-electron chi connectivity index (χ0n) is 12.6. The molecule has 0 saturated heterocycles. The Morgan fingerprint density at radius 1 is 1.30 bits per heavy atom. The number of hydrogen-bond acceptors (Lipinski definition) is 3. The van der Waals surface area contributed by atoms with Gasteiger partial charge in [-0.2, -0.15) is 10.2 Å². The van der Waals surface area contributed by atoms with Crippen molar-refractivity contribution in [2.45, 2.75) is 6.92 Å². The van der Waals surface area contributed by atoms with Crippen molar-refractivity contribution < 1.29 is 0 Å². The molecule has 0 saturated carbocycles. The maximum absolute atomic E-state index is 5.99. The van der Waals surface area contributed by atoms with Crippen LogP contribution in [0, 0.1) is 0 Å². The number of allylic oxidation sites excluding steroid dienone is 5. The third kappa shape index (κ3) is 7.99. The van der Waals surface area contributed by atoms with Gasteiger partial charge in [-0.25, -0.2) is 5.43 Å². The standard InChI is InChI=1S/C16H17Cl2N5/c1-3-13(9-8-12(2)17)10-20-22-16(19)23-21-11-14-6-4-5-7-15(14)18/h3-11H,1H2,2H3,(H3,19,22,23)/b12-8+,13-9+,20-10+,21-11+. The van der Waals surface area contributed by atoms with Gasteiger partial charge in [-0.15, -0.1) is 5.10 Å². The summed E-state index contributed by atoms with van der Waals surface area (Å²) in [5.41, 5.74) is 9.67. The molecular formula is C16H17Cl2N5. The molecule has 1 aromatic rings. The number of rotatable bonds is 6. The summed E-state index contributed by atoms with van der Waals surface area (Å²) >= 11 is 11.7. The van der Waals surface area contributed by atoms with Gasteiger partial charge in [-0.1, -0.05) is 60.1 Å². The largest absolute Gasteiger partial charge is 0.367 e. The van der Waals surface area contributed by atoms with E-state index in [1.807, 2.05) is 18.2 Å². The highest BCUT2D eigenvalue weighted by molar-refractivity contribution is 6.33. The molecule has 0 bridgehead atoms. The molecule has 0 unspecified atom stereocenters. The summed E-state index contributed by atoms with van der Waals surface area (Å²) in [5.74, 6) is 0.0389. The average molecular weight is 350 g/mol. The van der Waals surface area contributed by atoms with Gasteiger partial charge in [0, 0.05) is 15.6 Å². The monoisotopic (exact) mass is 349 g/mol. The summed E-state index contributed by atoms with van der Waals surface area (Å²) in [4.78, 5) is 0. The van der Waals surface area contributed by atoms with Gasteiger partial charge in [0.2, 0.25) is 5.96 Å². The van der Waals surface area contributed by atoms with Crippen molar-refractivity contribution >= 4 is 41.6 Å². The molecule has 1 aromatic carbocycles. The van der Waals surface area contributed by atoms with Crippen LogP contribution in [-0.4, -0.2) is 18.4 Å². The fourth-order valence-corrected chi connectivity index (χ4v) is 1.55. The van der Waals surface area contributed by atoms with E-state index in [1.165, 1.54) is 12.4 Å². The van der Waals surface area contributed by atoms with Crippen LogP contribution in [0.4, 0.5) is 0 Å². The molecule has 5 nitrogen and oxygen atoms in total. The van der Waals surface area contributed by atoms with E-state index in [-0.39, 0.29) is 5.96 Å². The first-order valence-electron chi connectivity index (χ1n) is 6.59. The Morgan fingerprint density at radius 3 is 2.70 bits per heavy atom. The highest BCUT2D eigenvalue weighted by atomic mass is 35.5. The minimum atomic E-state index is 0.0389. The molecule has 0 aliphatic rings. The van der Waals surface area contributed by atoms with Gasteiger partial charge < -0.3 is 5.73 Å². The summed E-state index contributed by atoms with van der Waals surface area (Å²) in [7, 11) is 0. The lowest BCUT2D eigenvalue weighted by Crippen LogP contribution is -2.26. The Bertz CT molecular complexity index is 683. The molecule has 0 atom stereocenters. The summed E-state index contributed by atoms with van der Waals surface area (Å²) < 4.78 is 0. The Balaban J connectivity index is 2.62. The molecule has 0 aromatic heterocycles. The Labute approximate surface area is 145 Å². The lowest BCUT2D eigenvalue weighted by Gasteiger charge is -1.97. The SMILES string of the molecule is C=CC(/C=N/NC(N)=N/N=C/c1ccccc1Cl)=C\C=C(/C)Cl. The van der Waals surface area contributed by atoms with E-state index < -0.39 is 0 Å². The lowest BCUT2D eigenvalue weighted by atomic mass is 10.2. The number of hydrazone groups is 1. The molecule has 0 aliphatic carbocycles. The number of nitrogens with one attached hydrogen (secondary N) is 1. The van der Waals surface area contributed by atoms with Crippen LogP contribution in [0.5, 0.6) is 0 Å². The number of halogens is 2. The molecule has 0 fully saturated rings. The highest BCUT2D eigenvalue weighted by Gasteiger charge is 1.93. The van der Waals surface area contributed by atoms with E-state index in [9.17, 15) is 0 Å². The molecule has 0 amide bonds. The summed E-state index contributed by atoms with van der Waals surface area (Å²) in [6, 6.07) is 7.26. The maximum Gasteiger partial charge on any atom is 0.234 e. The first-order chi connectivity index (χ1) is 11.0. The van der Waals surface area contributed by atoms with E-state index >= 15 is 0 Å². The van der Waals surface area contributed by atoms with Crippen molar-refractivity contribution in [2.24, 2.45) is 21.0 Å². The molecule has 3 N–H and O–H groups in total. The first-order valence-corrected chi connectivity index (χ1v) is 7.35. The van der Waals surface area contributed by atoms with Crippen molar-refractivity contribution in [3.05, 3.63) is 70.3 Å². The van der Waals surface area contributed by atoms with Gasteiger partial charge in [0.05, 0.1) is 12.4 Å². The summed E-state index contributed by atoms with van der Waals surface area (Å²) in [6.07, 6.45) is 8.16. The van der Waals surface area contributed by atoms with Crippen molar-refractivity contribution in [1.82, 2.24) is 5.43 Å². The van der Waals surface area contributed by atoms with Crippen LogP contribution < -0.4 is 11.2 Å². The summed E-state index contributed by atoms with van der Waals surface area (Å²) in [6.45, 7) is 5.44. The second-order valence-electron chi connectivity index (χ2n) is 4.25. The smallest absolute Gasteiger partial charge is 0.234 e. The quantitative estimate of drug-likeness (QED) is 0.354. The predicted octanol–water partition coefficient (Wildman–Crippen LogP) is 3.82. The lowest BCUT2D eigenvalue weighted by molar-refractivity contribution is 0.994. The minimum absolute atomic E-state index is 0.0389. The van der Waals surface area contributed by atoms with Crippen LogP contribution >= 0.6 is 23.2 Å². The van der Waals surface area contributed by atoms with Crippen LogP contribution in [0.3, 0.4) is 0 Å². The zero-order chi connectivity index (χ0) is 17.1. The predicted molar refractivity (Wildman–Crippen MR) is 100 cm³/mol. The fraction of sp³-hybridized carbons (Fsp3) is 0.0625. The molecule has 1 rings (SSSR count). The van der Waals surface area contributed by atoms with Crippen molar-refractivity contribution in [2.75, 3.05) is 0 Å². The fourth-order valence-electron chi connectivity index (χ4n) is 1.30. The van der Waals surface area contributed by atoms with Crippen molar-refractivity contribution in [1.29, 1.82) is 0 Å². The molecule has 7 heteroatoms. The molecular weight excluding hydrogens is 333 g/mol. The molecule has 120 valence electrons. The van der Waals surface area contributed by atoms with E-state index in [1.54, 1.807) is 31.2 Å². The average Bonchev–Trinajstić information content (AvgIpc) is 2.52. The third-order valence-corrected chi connectivity index (χ3v) is 2.87. The van der Waals surface area contributed by atoms with Gasteiger partial charge in [-0.05, 0) is 24.6 Å². The van der Waals surface area contributed by atoms with Crippen LogP contribution in [0.25, 0.3) is 0 Å². The topological polar surface area (TPSA) is 75.1 Å². The normalized spacial score (nSPS) is 13.8. The number of guanidine groups is 1. The van der Waals surface area contributed by atoms with E-state index in [0.29, 0.717) is 10.1 Å². The maximum atomic E-state index is 5.99. The van der Waals surface area contributed by atoms with Gasteiger partial charge in [0.1, 0.15) is 0 Å². The molecule has 0 aliphatic heterocycles. The second-order valence-corrected chi connectivity index (χ2v) is 5.25. The molecule has 0 radical (unpaired) electrons. The number of benzene rings is 1. The van der Waals surface area contributed by atoms with Crippen LogP contribution in [0.2, 0.25) is 5.02 Å². The Kier molecular flexibility index (Phi) is 8.42. The van der Waals surface area contributed by atoms with Crippen LogP contribution in [0.1, 0.15) is 12.5 Å². The van der Waals surface area contributed by atoms with Crippen molar-refractivity contribution in [3.63, 3.8) is 0 Å². The molecule has 0 spiro atoms.